The van der Waals surface area contributed by atoms with Crippen LogP contribution in [0.15, 0.2) is 162 Å². The standard InChI is InChI=1S/C48H30N2OS/c1-2-11-31(12-3-1)40-27-35-14-6-7-15-37(35)46-43(40)38-25-24-36(28-41(38)51-46)48-49-44(47-45(50-48)39-16-8-9-17-42(39)52-47)32-21-18-30(19-22-32)34-23-20-29-10-4-5-13-33(29)26-34/h1-2,4-11,13-28H,3,12H2. The summed E-state index contributed by atoms with van der Waals surface area (Å²) in [6.07, 6.45) is 8.73. The zero-order valence-corrected chi connectivity index (χ0v) is 29.0. The van der Waals surface area contributed by atoms with Gasteiger partial charge >= 0.3 is 0 Å². The van der Waals surface area contributed by atoms with Gasteiger partial charge in [-0.3, -0.25) is 0 Å². The zero-order valence-electron chi connectivity index (χ0n) is 28.1. The number of hydrogen-bond donors (Lipinski definition) is 0. The second-order valence-electron chi connectivity index (χ2n) is 13.6. The molecule has 7 aromatic carbocycles. The number of benzene rings is 7. The van der Waals surface area contributed by atoms with E-state index in [-0.39, 0.29) is 0 Å². The highest BCUT2D eigenvalue weighted by Gasteiger charge is 2.21. The average molecular weight is 683 g/mol. The van der Waals surface area contributed by atoms with Gasteiger partial charge in [0.05, 0.1) is 15.9 Å². The third-order valence-electron chi connectivity index (χ3n) is 10.5. The van der Waals surface area contributed by atoms with Gasteiger partial charge in [-0.2, -0.15) is 0 Å². The first-order valence-corrected chi connectivity index (χ1v) is 18.6. The lowest BCUT2D eigenvalue weighted by Gasteiger charge is -2.12. The van der Waals surface area contributed by atoms with Crippen LogP contribution in [-0.4, -0.2) is 9.97 Å². The Morgan fingerprint density at radius 2 is 1.33 bits per heavy atom. The van der Waals surface area contributed by atoms with Crippen molar-refractivity contribution in [2.45, 2.75) is 12.8 Å². The molecular weight excluding hydrogens is 653 g/mol. The Morgan fingerprint density at radius 1 is 0.577 bits per heavy atom. The molecule has 1 aliphatic carbocycles. The molecule has 0 N–H and O–H groups in total. The molecule has 3 aromatic heterocycles. The van der Waals surface area contributed by atoms with Crippen LogP contribution in [0.3, 0.4) is 0 Å². The van der Waals surface area contributed by atoms with Gasteiger partial charge < -0.3 is 4.42 Å². The van der Waals surface area contributed by atoms with Crippen molar-refractivity contribution >= 4 is 80.7 Å². The number of furan rings is 1. The monoisotopic (exact) mass is 682 g/mol. The SMILES string of the molecule is C1=CCCC(c2cc3ccccc3c3oc4cc(-c5nc(-c6ccc(-c7ccc8ccccc8c7)cc6)c6sc7ccccc7c6n5)ccc4c23)=C1. The predicted molar refractivity (Wildman–Crippen MR) is 220 cm³/mol. The minimum absolute atomic E-state index is 0.692. The molecule has 10 aromatic rings. The summed E-state index contributed by atoms with van der Waals surface area (Å²) in [6, 6.07) is 49.9. The van der Waals surface area contributed by atoms with Crippen molar-refractivity contribution < 1.29 is 4.42 Å². The maximum Gasteiger partial charge on any atom is 0.160 e. The quantitative estimate of drug-likeness (QED) is 0.185. The third kappa shape index (κ3) is 4.65. The Hall–Kier alpha value is -6.36. The molecular formula is C48H30N2OS. The first-order valence-electron chi connectivity index (χ1n) is 17.8. The summed E-state index contributed by atoms with van der Waals surface area (Å²) < 4.78 is 9.10. The number of allylic oxidation sites excluding steroid dienone is 4. The van der Waals surface area contributed by atoms with Crippen molar-refractivity contribution in [3.8, 4) is 33.8 Å². The molecule has 0 aliphatic heterocycles. The Bertz CT molecular complexity index is 3130. The van der Waals surface area contributed by atoms with Gasteiger partial charge in [0.15, 0.2) is 5.82 Å². The van der Waals surface area contributed by atoms with Crippen molar-refractivity contribution in [2.24, 2.45) is 0 Å². The second-order valence-corrected chi connectivity index (χ2v) is 14.7. The van der Waals surface area contributed by atoms with Gasteiger partial charge in [-0.15, -0.1) is 11.3 Å². The third-order valence-corrected chi connectivity index (χ3v) is 11.7. The number of fused-ring (bicyclic) bond motifs is 9. The van der Waals surface area contributed by atoms with E-state index in [9.17, 15) is 0 Å². The maximum atomic E-state index is 6.80. The van der Waals surface area contributed by atoms with Gasteiger partial charge in [-0.1, -0.05) is 127 Å². The van der Waals surface area contributed by atoms with E-state index in [1.807, 2.05) is 0 Å². The summed E-state index contributed by atoms with van der Waals surface area (Å²) in [7, 11) is 0. The van der Waals surface area contributed by atoms with Crippen LogP contribution in [0.4, 0.5) is 0 Å². The van der Waals surface area contributed by atoms with Crippen LogP contribution < -0.4 is 0 Å². The summed E-state index contributed by atoms with van der Waals surface area (Å²) in [4.78, 5) is 10.6. The molecule has 0 radical (unpaired) electrons. The molecule has 11 rings (SSSR count). The molecule has 0 fully saturated rings. The van der Waals surface area contributed by atoms with Gasteiger partial charge in [-0.05, 0) is 81.6 Å². The van der Waals surface area contributed by atoms with Crippen LogP contribution in [-0.2, 0) is 0 Å². The summed E-state index contributed by atoms with van der Waals surface area (Å²) in [6.45, 7) is 0. The van der Waals surface area contributed by atoms with E-state index in [2.05, 4.69) is 158 Å². The van der Waals surface area contributed by atoms with Crippen LogP contribution in [0.5, 0.6) is 0 Å². The van der Waals surface area contributed by atoms with Crippen molar-refractivity contribution in [1.29, 1.82) is 0 Å². The fraction of sp³-hybridized carbons (Fsp3) is 0.0417. The Labute approximate surface area is 303 Å². The van der Waals surface area contributed by atoms with E-state index >= 15 is 0 Å². The molecule has 0 bridgehead atoms. The molecule has 0 atom stereocenters. The van der Waals surface area contributed by atoms with Crippen LogP contribution in [0.2, 0.25) is 0 Å². The molecule has 52 heavy (non-hydrogen) atoms. The van der Waals surface area contributed by atoms with E-state index in [0.29, 0.717) is 5.82 Å². The molecule has 0 spiro atoms. The summed E-state index contributed by atoms with van der Waals surface area (Å²) in [5, 5.41) is 8.24. The molecule has 0 saturated carbocycles. The summed E-state index contributed by atoms with van der Waals surface area (Å²) in [5.41, 5.74) is 10.7. The Balaban J connectivity index is 1.08. The highest BCUT2D eigenvalue weighted by Crippen LogP contribution is 2.43. The first kappa shape index (κ1) is 29.4. The van der Waals surface area contributed by atoms with E-state index in [1.165, 1.54) is 48.5 Å². The lowest BCUT2D eigenvalue weighted by atomic mass is 9.91. The van der Waals surface area contributed by atoms with Crippen LogP contribution in [0.1, 0.15) is 18.4 Å². The average Bonchev–Trinajstić information content (AvgIpc) is 3.79. The molecule has 0 saturated heterocycles. The number of hydrogen-bond acceptors (Lipinski definition) is 4. The van der Waals surface area contributed by atoms with Crippen molar-refractivity contribution in [1.82, 2.24) is 9.97 Å². The number of rotatable bonds is 4. The van der Waals surface area contributed by atoms with E-state index < -0.39 is 0 Å². The molecule has 0 amide bonds. The van der Waals surface area contributed by atoms with Gasteiger partial charge in [-0.25, -0.2) is 9.97 Å². The van der Waals surface area contributed by atoms with E-state index in [4.69, 9.17) is 14.4 Å². The molecule has 244 valence electrons. The number of nitrogens with zero attached hydrogens (tertiary/aromatic N) is 2. The van der Waals surface area contributed by atoms with Crippen molar-refractivity contribution in [3.63, 3.8) is 0 Å². The minimum Gasteiger partial charge on any atom is -0.455 e. The van der Waals surface area contributed by atoms with Gasteiger partial charge in [0.2, 0.25) is 0 Å². The smallest absolute Gasteiger partial charge is 0.160 e. The highest BCUT2D eigenvalue weighted by molar-refractivity contribution is 7.26. The normalized spacial score (nSPS) is 13.3. The Morgan fingerprint density at radius 3 is 2.19 bits per heavy atom. The predicted octanol–water partition coefficient (Wildman–Crippen LogP) is 13.8. The van der Waals surface area contributed by atoms with Crippen molar-refractivity contribution in [2.75, 3.05) is 0 Å². The highest BCUT2D eigenvalue weighted by atomic mass is 32.1. The fourth-order valence-electron chi connectivity index (χ4n) is 7.94. The van der Waals surface area contributed by atoms with Crippen LogP contribution >= 0.6 is 11.3 Å². The van der Waals surface area contributed by atoms with Gasteiger partial charge in [0, 0.05) is 37.4 Å². The largest absolute Gasteiger partial charge is 0.455 e. The van der Waals surface area contributed by atoms with E-state index in [1.54, 1.807) is 11.3 Å². The van der Waals surface area contributed by atoms with Crippen LogP contribution in [0, 0.1) is 0 Å². The lowest BCUT2D eigenvalue weighted by molar-refractivity contribution is 0.672. The topological polar surface area (TPSA) is 38.9 Å². The number of aromatic nitrogens is 2. The molecule has 3 nitrogen and oxygen atoms in total. The van der Waals surface area contributed by atoms with Crippen molar-refractivity contribution in [3.05, 3.63) is 163 Å². The first-order chi connectivity index (χ1) is 25.7. The zero-order chi connectivity index (χ0) is 34.2. The second kappa shape index (κ2) is 11.6. The van der Waals surface area contributed by atoms with Crippen LogP contribution in [0.25, 0.3) is 103 Å². The fourth-order valence-corrected chi connectivity index (χ4v) is 9.09. The molecule has 4 heteroatoms. The van der Waals surface area contributed by atoms with Gasteiger partial charge in [0.25, 0.3) is 0 Å². The molecule has 0 unspecified atom stereocenters. The summed E-state index contributed by atoms with van der Waals surface area (Å²) in [5.74, 6) is 0.692. The lowest BCUT2D eigenvalue weighted by Crippen LogP contribution is -1.94. The minimum atomic E-state index is 0.692. The Kier molecular flexibility index (Phi) is 6.55. The maximum absolute atomic E-state index is 6.80. The number of thiophene rings is 1. The molecule has 1 aliphatic rings. The summed E-state index contributed by atoms with van der Waals surface area (Å²) >= 11 is 1.76. The molecule has 3 heterocycles. The van der Waals surface area contributed by atoms with E-state index in [0.717, 1.165) is 67.2 Å². The van der Waals surface area contributed by atoms with Gasteiger partial charge in [0.1, 0.15) is 11.2 Å².